The van der Waals surface area contributed by atoms with E-state index in [1.807, 2.05) is 0 Å². The molecule has 0 fully saturated rings. The van der Waals surface area contributed by atoms with E-state index >= 15 is 0 Å². The molecule has 2 nitrogen and oxygen atoms in total. The van der Waals surface area contributed by atoms with Crippen LogP contribution in [-0.4, -0.2) is 12.1 Å². The van der Waals surface area contributed by atoms with Gasteiger partial charge in [-0.2, -0.15) is 0 Å². The van der Waals surface area contributed by atoms with Gasteiger partial charge in [0.2, 0.25) is 0 Å². The van der Waals surface area contributed by atoms with Crippen LogP contribution in [0.15, 0.2) is 54.6 Å². The normalized spacial score (nSPS) is 13.1. The van der Waals surface area contributed by atoms with Crippen LogP contribution in [0.25, 0.3) is 0 Å². The fourth-order valence-electron chi connectivity index (χ4n) is 2.78. The first kappa shape index (κ1) is 16.7. The molecule has 0 aliphatic heterocycles. The van der Waals surface area contributed by atoms with Crippen LogP contribution in [0.3, 0.4) is 0 Å². The van der Waals surface area contributed by atoms with Crippen molar-refractivity contribution in [2.45, 2.75) is 45.8 Å². The van der Waals surface area contributed by atoms with Crippen molar-refractivity contribution in [3.63, 3.8) is 0 Å². The number of aryl methyl sites for hydroxylation is 1. The summed E-state index contributed by atoms with van der Waals surface area (Å²) in [5.74, 6) is 0. The Morgan fingerprint density at radius 3 is 2.27 bits per heavy atom. The highest BCUT2D eigenvalue weighted by molar-refractivity contribution is 5.25. The molecule has 0 radical (unpaired) electrons. The van der Waals surface area contributed by atoms with Gasteiger partial charge < -0.3 is 10.6 Å². The third-order valence-electron chi connectivity index (χ3n) is 4.05. The molecule has 0 heterocycles. The second kappa shape index (κ2) is 7.57. The summed E-state index contributed by atoms with van der Waals surface area (Å²) >= 11 is 0. The molecule has 1 unspecified atom stereocenters. The molecule has 0 aliphatic rings. The number of hydrogen-bond acceptors (Lipinski definition) is 2. The van der Waals surface area contributed by atoms with Gasteiger partial charge in [-0.3, -0.25) is 0 Å². The van der Waals surface area contributed by atoms with Gasteiger partial charge >= 0.3 is 0 Å². The summed E-state index contributed by atoms with van der Waals surface area (Å²) in [5.41, 5.74) is 4.08. The summed E-state index contributed by atoms with van der Waals surface area (Å²) < 4.78 is 0. The summed E-state index contributed by atoms with van der Waals surface area (Å²) in [6.07, 6.45) is 0. The molecule has 0 saturated carbocycles. The van der Waals surface area contributed by atoms with Gasteiger partial charge in [0.05, 0.1) is 0 Å². The molecule has 0 bridgehead atoms. The van der Waals surface area contributed by atoms with E-state index in [0.29, 0.717) is 6.04 Å². The fourth-order valence-corrected chi connectivity index (χ4v) is 2.78. The number of benzene rings is 2. The van der Waals surface area contributed by atoms with Crippen molar-refractivity contribution < 1.29 is 0 Å². The van der Waals surface area contributed by atoms with Gasteiger partial charge in [0.25, 0.3) is 0 Å². The molecule has 2 rings (SSSR count). The Labute approximate surface area is 135 Å². The van der Waals surface area contributed by atoms with Crippen LogP contribution in [0.4, 0.5) is 0 Å². The van der Waals surface area contributed by atoms with Crippen molar-refractivity contribution in [3.8, 4) is 0 Å². The van der Waals surface area contributed by atoms with E-state index < -0.39 is 0 Å². The van der Waals surface area contributed by atoms with Crippen molar-refractivity contribution in [3.05, 3.63) is 71.3 Å². The topological polar surface area (TPSA) is 24.1 Å². The molecule has 118 valence electrons. The van der Waals surface area contributed by atoms with Gasteiger partial charge in [0.15, 0.2) is 0 Å². The lowest BCUT2D eigenvalue weighted by Crippen LogP contribution is -2.48. The molecular formula is C20H28N2. The molecule has 22 heavy (non-hydrogen) atoms. The zero-order valence-corrected chi connectivity index (χ0v) is 14.2. The lowest BCUT2D eigenvalue weighted by atomic mass is 10.0. The quantitative estimate of drug-likeness (QED) is 0.799. The third kappa shape index (κ3) is 4.97. The number of rotatable bonds is 7. The Hall–Kier alpha value is -1.64. The Morgan fingerprint density at radius 2 is 1.59 bits per heavy atom. The van der Waals surface area contributed by atoms with Crippen molar-refractivity contribution in [1.82, 2.24) is 10.6 Å². The molecule has 0 aromatic heterocycles. The molecular weight excluding hydrogens is 268 g/mol. The highest BCUT2D eigenvalue weighted by Crippen LogP contribution is 2.16. The van der Waals surface area contributed by atoms with Crippen molar-refractivity contribution in [2.75, 3.05) is 6.54 Å². The van der Waals surface area contributed by atoms with Crippen LogP contribution in [-0.2, 0) is 6.54 Å². The highest BCUT2D eigenvalue weighted by atomic mass is 15.0. The largest absolute Gasteiger partial charge is 0.311 e. The first-order chi connectivity index (χ1) is 10.5. The Morgan fingerprint density at radius 1 is 0.955 bits per heavy atom. The summed E-state index contributed by atoms with van der Waals surface area (Å²) in [6.45, 7) is 10.7. The first-order valence-electron chi connectivity index (χ1n) is 8.06. The molecule has 2 aromatic carbocycles. The second-order valence-corrected chi connectivity index (χ2v) is 6.69. The average Bonchev–Trinajstić information content (AvgIpc) is 2.49. The SMILES string of the molecule is Cc1ccccc1CNCC(C)(C)NC(C)c1ccccc1. The molecule has 0 spiro atoms. The molecule has 0 amide bonds. The second-order valence-electron chi connectivity index (χ2n) is 6.69. The van der Waals surface area contributed by atoms with E-state index in [2.05, 4.69) is 92.9 Å². The van der Waals surface area contributed by atoms with E-state index in [1.165, 1.54) is 16.7 Å². The van der Waals surface area contributed by atoms with Crippen LogP contribution >= 0.6 is 0 Å². The lowest BCUT2D eigenvalue weighted by molar-refractivity contribution is 0.330. The number of nitrogens with one attached hydrogen (secondary N) is 2. The predicted octanol–water partition coefficient (Wildman–Crippen LogP) is 4.21. The monoisotopic (exact) mass is 296 g/mol. The fraction of sp³-hybridized carbons (Fsp3) is 0.400. The lowest BCUT2D eigenvalue weighted by Gasteiger charge is -2.31. The predicted molar refractivity (Wildman–Crippen MR) is 95.0 cm³/mol. The maximum atomic E-state index is 3.71. The number of hydrogen-bond donors (Lipinski definition) is 2. The summed E-state index contributed by atoms with van der Waals surface area (Å²) in [4.78, 5) is 0. The Balaban J connectivity index is 1.85. The van der Waals surface area contributed by atoms with Crippen molar-refractivity contribution in [1.29, 1.82) is 0 Å². The molecule has 0 saturated heterocycles. The molecule has 1 atom stereocenters. The molecule has 0 aliphatic carbocycles. The van der Waals surface area contributed by atoms with Gasteiger partial charge in [-0.05, 0) is 44.4 Å². The van der Waals surface area contributed by atoms with E-state index in [1.54, 1.807) is 0 Å². The van der Waals surface area contributed by atoms with Crippen LogP contribution in [0.1, 0.15) is 43.5 Å². The van der Waals surface area contributed by atoms with Gasteiger partial charge in [-0.15, -0.1) is 0 Å². The van der Waals surface area contributed by atoms with E-state index in [0.717, 1.165) is 13.1 Å². The van der Waals surface area contributed by atoms with E-state index in [9.17, 15) is 0 Å². The van der Waals surface area contributed by atoms with E-state index in [4.69, 9.17) is 0 Å². The van der Waals surface area contributed by atoms with Crippen LogP contribution < -0.4 is 10.6 Å². The zero-order valence-electron chi connectivity index (χ0n) is 14.2. The average molecular weight is 296 g/mol. The van der Waals surface area contributed by atoms with Gasteiger partial charge in [-0.25, -0.2) is 0 Å². The van der Waals surface area contributed by atoms with Gasteiger partial charge in [0, 0.05) is 24.7 Å². The van der Waals surface area contributed by atoms with Crippen LogP contribution in [0.5, 0.6) is 0 Å². The Kier molecular flexibility index (Phi) is 5.76. The maximum Gasteiger partial charge on any atom is 0.0297 e. The first-order valence-corrected chi connectivity index (χ1v) is 8.06. The summed E-state index contributed by atoms with van der Waals surface area (Å²) in [6, 6.07) is 19.5. The van der Waals surface area contributed by atoms with Crippen LogP contribution in [0.2, 0.25) is 0 Å². The maximum absolute atomic E-state index is 3.71. The standard InChI is InChI=1S/C20H28N2/c1-16-10-8-9-13-19(16)14-21-15-20(3,4)22-17(2)18-11-6-5-7-12-18/h5-13,17,21-22H,14-15H2,1-4H3. The van der Waals surface area contributed by atoms with Crippen molar-refractivity contribution >= 4 is 0 Å². The minimum Gasteiger partial charge on any atom is -0.311 e. The van der Waals surface area contributed by atoms with E-state index in [-0.39, 0.29) is 5.54 Å². The minimum absolute atomic E-state index is 0.0396. The summed E-state index contributed by atoms with van der Waals surface area (Å²) in [5, 5.41) is 7.29. The third-order valence-corrected chi connectivity index (χ3v) is 4.05. The molecule has 2 N–H and O–H groups in total. The van der Waals surface area contributed by atoms with Crippen molar-refractivity contribution in [2.24, 2.45) is 0 Å². The smallest absolute Gasteiger partial charge is 0.0297 e. The zero-order chi connectivity index (χ0) is 16.0. The minimum atomic E-state index is 0.0396. The molecule has 2 aromatic rings. The Bertz CT molecular complexity index is 575. The van der Waals surface area contributed by atoms with Gasteiger partial charge in [-0.1, -0.05) is 54.6 Å². The van der Waals surface area contributed by atoms with Crippen LogP contribution in [0, 0.1) is 6.92 Å². The highest BCUT2D eigenvalue weighted by Gasteiger charge is 2.20. The summed E-state index contributed by atoms with van der Waals surface area (Å²) in [7, 11) is 0. The molecule has 2 heteroatoms. The van der Waals surface area contributed by atoms with Gasteiger partial charge in [0.1, 0.15) is 0 Å².